The van der Waals surface area contributed by atoms with E-state index in [0.29, 0.717) is 11.0 Å². The molecule has 0 fully saturated rings. The summed E-state index contributed by atoms with van der Waals surface area (Å²) < 4.78 is 0. The molecular weight excluding hydrogens is 320 g/mol. The fraction of sp³-hybridized carbons (Fsp3) is 0.222. The molecular formula is C18H22N4OS. The van der Waals surface area contributed by atoms with Crippen LogP contribution in [0.15, 0.2) is 54.6 Å². The van der Waals surface area contributed by atoms with Crippen LogP contribution in [-0.2, 0) is 4.79 Å². The second-order valence-corrected chi connectivity index (χ2v) is 6.03. The molecule has 0 saturated carbocycles. The largest absolute Gasteiger partial charge is 0.376 e. The van der Waals surface area contributed by atoms with Gasteiger partial charge in [-0.15, -0.1) is 0 Å². The van der Waals surface area contributed by atoms with Gasteiger partial charge >= 0.3 is 0 Å². The number of carbonyl (C=O) groups is 1. The van der Waals surface area contributed by atoms with E-state index in [2.05, 4.69) is 47.5 Å². The Morgan fingerprint density at radius 2 is 1.62 bits per heavy atom. The van der Waals surface area contributed by atoms with Crippen molar-refractivity contribution in [2.24, 2.45) is 0 Å². The molecule has 4 N–H and O–H groups in total. The van der Waals surface area contributed by atoms with Gasteiger partial charge in [-0.25, -0.2) is 0 Å². The molecule has 0 aliphatic rings. The Morgan fingerprint density at radius 1 is 0.958 bits per heavy atom. The Labute approximate surface area is 147 Å². The highest BCUT2D eigenvalue weighted by molar-refractivity contribution is 7.80. The minimum absolute atomic E-state index is 0.155. The van der Waals surface area contributed by atoms with E-state index in [9.17, 15) is 4.79 Å². The molecule has 0 heterocycles. The lowest BCUT2D eigenvalue weighted by Gasteiger charge is -2.13. The van der Waals surface area contributed by atoms with Crippen LogP contribution in [0.25, 0.3) is 0 Å². The van der Waals surface area contributed by atoms with Gasteiger partial charge in [0.2, 0.25) is 0 Å². The van der Waals surface area contributed by atoms with Gasteiger partial charge in [0.15, 0.2) is 5.11 Å². The molecule has 6 heteroatoms. The lowest BCUT2D eigenvalue weighted by atomic mass is 10.0. The minimum Gasteiger partial charge on any atom is -0.376 e. The van der Waals surface area contributed by atoms with Crippen molar-refractivity contribution in [2.75, 3.05) is 17.2 Å². The Bertz CT molecular complexity index is 671. The van der Waals surface area contributed by atoms with Gasteiger partial charge in [0.1, 0.15) is 0 Å². The van der Waals surface area contributed by atoms with E-state index >= 15 is 0 Å². The molecule has 2 aromatic carbocycles. The highest BCUT2D eigenvalue weighted by Crippen LogP contribution is 2.16. The van der Waals surface area contributed by atoms with Crippen molar-refractivity contribution in [2.45, 2.75) is 19.8 Å². The predicted molar refractivity (Wildman–Crippen MR) is 103 cm³/mol. The summed E-state index contributed by atoms with van der Waals surface area (Å²) in [5.74, 6) is 0.277. The van der Waals surface area contributed by atoms with Crippen molar-refractivity contribution in [3.8, 4) is 0 Å². The first kappa shape index (κ1) is 17.7. The SMILES string of the molecule is CC(C)c1ccc(NC(=S)NNC(=O)CNc2ccccc2)cc1. The Hall–Kier alpha value is -2.60. The molecule has 0 aliphatic carbocycles. The second kappa shape index (κ2) is 8.88. The summed E-state index contributed by atoms with van der Waals surface area (Å²) in [6, 6.07) is 17.6. The van der Waals surface area contributed by atoms with Gasteiger partial charge in [0, 0.05) is 11.4 Å². The summed E-state index contributed by atoms with van der Waals surface area (Å²) in [5.41, 5.74) is 8.25. The van der Waals surface area contributed by atoms with Crippen LogP contribution in [0.5, 0.6) is 0 Å². The van der Waals surface area contributed by atoms with E-state index < -0.39 is 0 Å². The maximum atomic E-state index is 11.8. The van der Waals surface area contributed by atoms with Crippen molar-refractivity contribution < 1.29 is 4.79 Å². The quantitative estimate of drug-likeness (QED) is 0.496. The predicted octanol–water partition coefficient (Wildman–Crippen LogP) is 3.24. The van der Waals surface area contributed by atoms with Crippen LogP contribution in [0.4, 0.5) is 11.4 Å². The maximum absolute atomic E-state index is 11.8. The third-order valence-electron chi connectivity index (χ3n) is 3.38. The van der Waals surface area contributed by atoms with Crippen LogP contribution < -0.4 is 21.5 Å². The number of hydrogen-bond donors (Lipinski definition) is 4. The molecule has 0 saturated heterocycles. The standard InChI is InChI=1S/C18H22N4OS/c1-13(2)14-8-10-16(11-9-14)20-18(24)22-21-17(23)12-19-15-6-4-3-5-7-15/h3-11,13,19H,12H2,1-2H3,(H,21,23)(H2,20,22,24). The van der Waals surface area contributed by atoms with E-state index in [-0.39, 0.29) is 12.5 Å². The summed E-state index contributed by atoms with van der Waals surface area (Å²) in [4.78, 5) is 11.8. The van der Waals surface area contributed by atoms with Crippen LogP contribution in [0, 0.1) is 0 Å². The molecule has 0 aliphatic heterocycles. The first-order chi connectivity index (χ1) is 11.5. The van der Waals surface area contributed by atoms with Crippen molar-refractivity contribution >= 4 is 34.6 Å². The molecule has 126 valence electrons. The molecule has 5 nitrogen and oxygen atoms in total. The van der Waals surface area contributed by atoms with Gasteiger partial charge in [-0.3, -0.25) is 15.6 Å². The fourth-order valence-electron chi connectivity index (χ4n) is 2.02. The van der Waals surface area contributed by atoms with Crippen LogP contribution in [0.2, 0.25) is 0 Å². The Kier molecular flexibility index (Phi) is 6.57. The number of amides is 1. The molecule has 0 radical (unpaired) electrons. The average molecular weight is 342 g/mol. The van der Waals surface area contributed by atoms with E-state index in [4.69, 9.17) is 12.2 Å². The summed E-state index contributed by atoms with van der Waals surface area (Å²) in [6.07, 6.45) is 0. The number of nitrogens with one attached hydrogen (secondary N) is 4. The highest BCUT2D eigenvalue weighted by Gasteiger charge is 2.03. The van der Waals surface area contributed by atoms with Crippen molar-refractivity contribution in [1.82, 2.24) is 10.9 Å². The van der Waals surface area contributed by atoms with Gasteiger partial charge in [0.25, 0.3) is 5.91 Å². The zero-order chi connectivity index (χ0) is 17.4. The normalized spacial score (nSPS) is 10.1. The molecule has 0 atom stereocenters. The molecule has 24 heavy (non-hydrogen) atoms. The van der Waals surface area contributed by atoms with Gasteiger partial charge in [-0.1, -0.05) is 44.2 Å². The monoisotopic (exact) mass is 342 g/mol. The van der Waals surface area contributed by atoms with Gasteiger partial charge in [-0.2, -0.15) is 0 Å². The molecule has 0 spiro atoms. The topological polar surface area (TPSA) is 65.2 Å². The third kappa shape index (κ3) is 5.89. The molecule has 1 amide bonds. The fourth-order valence-corrected chi connectivity index (χ4v) is 2.19. The molecule has 0 bridgehead atoms. The van der Waals surface area contributed by atoms with Crippen LogP contribution >= 0.6 is 12.2 Å². The van der Waals surface area contributed by atoms with E-state index in [1.165, 1.54) is 5.56 Å². The first-order valence-electron chi connectivity index (χ1n) is 7.79. The lowest BCUT2D eigenvalue weighted by Crippen LogP contribution is -2.45. The maximum Gasteiger partial charge on any atom is 0.257 e. The summed E-state index contributed by atoms with van der Waals surface area (Å²) in [7, 11) is 0. The number of thiocarbonyl (C=S) groups is 1. The first-order valence-corrected chi connectivity index (χ1v) is 8.20. The number of hydrazine groups is 1. The van der Waals surface area contributed by atoms with Gasteiger partial charge in [0.05, 0.1) is 6.54 Å². The Balaban J connectivity index is 1.71. The summed E-state index contributed by atoms with van der Waals surface area (Å²) >= 11 is 5.16. The average Bonchev–Trinajstić information content (AvgIpc) is 2.59. The van der Waals surface area contributed by atoms with E-state index in [1.807, 2.05) is 42.5 Å². The summed E-state index contributed by atoms with van der Waals surface area (Å²) in [6.45, 7) is 4.45. The molecule has 0 aromatic heterocycles. The molecule has 2 rings (SSSR count). The zero-order valence-electron chi connectivity index (χ0n) is 13.8. The minimum atomic E-state index is -0.210. The van der Waals surface area contributed by atoms with E-state index in [1.54, 1.807) is 0 Å². The second-order valence-electron chi connectivity index (χ2n) is 5.62. The van der Waals surface area contributed by atoms with Gasteiger partial charge in [-0.05, 0) is 48.0 Å². The Morgan fingerprint density at radius 3 is 2.25 bits per heavy atom. The van der Waals surface area contributed by atoms with E-state index in [0.717, 1.165) is 11.4 Å². The molecule has 2 aromatic rings. The number of carbonyl (C=O) groups excluding carboxylic acids is 1. The molecule has 0 unspecified atom stereocenters. The van der Waals surface area contributed by atoms with Crippen molar-refractivity contribution in [1.29, 1.82) is 0 Å². The third-order valence-corrected chi connectivity index (χ3v) is 3.58. The van der Waals surface area contributed by atoms with Gasteiger partial charge < -0.3 is 10.6 Å². The number of anilines is 2. The lowest BCUT2D eigenvalue weighted by molar-refractivity contribution is -0.119. The van der Waals surface area contributed by atoms with Crippen molar-refractivity contribution in [3.63, 3.8) is 0 Å². The highest BCUT2D eigenvalue weighted by atomic mass is 32.1. The number of hydrogen-bond acceptors (Lipinski definition) is 3. The number of rotatable bonds is 5. The van der Waals surface area contributed by atoms with Crippen LogP contribution in [0.3, 0.4) is 0 Å². The smallest absolute Gasteiger partial charge is 0.257 e. The zero-order valence-corrected chi connectivity index (χ0v) is 14.6. The number of benzene rings is 2. The van der Waals surface area contributed by atoms with Crippen molar-refractivity contribution in [3.05, 3.63) is 60.2 Å². The van der Waals surface area contributed by atoms with Crippen LogP contribution in [-0.4, -0.2) is 17.6 Å². The summed E-state index contributed by atoms with van der Waals surface area (Å²) in [5, 5.41) is 6.37. The number of para-hydroxylation sites is 1. The van der Waals surface area contributed by atoms with Crippen LogP contribution in [0.1, 0.15) is 25.3 Å².